The topological polar surface area (TPSA) is 24.9 Å². The third-order valence-corrected chi connectivity index (χ3v) is 5.70. The molecular formula is C17H28N2S. The molecule has 1 aromatic heterocycles. The average molecular weight is 292 g/mol. The highest BCUT2D eigenvalue weighted by atomic mass is 32.2. The van der Waals surface area contributed by atoms with E-state index in [1.807, 2.05) is 24.0 Å². The number of rotatable bonds is 4. The molecule has 1 saturated carbocycles. The first-order valence-corrected chi connectivity index (χ1v) is 8.69. The molecule has 2 nitrogen and oxygen atoms in total. The Morgan fingerprint density at radius 1 is 1.30 bits per heavy atom. The van der Waals surface area contributed by atoms with E-state index in [2.05, 4.69) is 50.1 Å². The van der Waals surface area contributed by atoms with E-state index in [1.54, 1.807) is 0 Å². The van der Waals surface area contributed by atoms with Crippen LogP contribution in [0.2, 0.25) is 0 Å². The van der Waals surface area contributed by atoms with Crippen molar-refractivity contribution in [3.63, 3.8) is 0 Å². The molecule has 20 heavy (non-hydrogen) atoms. The molecule has 1 fully saturated rings. The first kappa shape index (κ1) is 15.8. The third-order valence-electron chi connectivity index (χ3n) is 4.39. The van der Waals surface area contributed by atoms with Gasteiger partial charge in [-0.25, -0.2) is 4.98 Å². The van der Waals surface area contributed by atoms with Crippen molar-refractivity contribution >= 4 is 11.8 Å². The van der Waals surface area contributed by atoms with Crippen molar-refractivity contribution in [1.29, 1.82) is 0 Å². The molecule has 112 valence electrons. The van der Waals surface area contributed by atoms with Crippen LogP contribution < -0.4 is 5.32 Å². The van der Waals surface area contributed by atoms with Gasteiger partial charge in [-0.2, -0.15) is 0 Å². The Labute approximate surface area is 128 Å². The number of nitrogens with zero attached hydrogens (tertiary/aromatic N) is 1. The molecule has 1 N–H and O–H groups in total. The van der Waals surface area contributed by atoms with Crippen LogP contribution in [0.25, 0.3) is 0 Å². The molecule has 0 spiro atoms. The molecule has 1 aromatic rings. The van der Waals surface area contributed by atoms with Gasteiger partial charge in [0.25, 0.3) is 0 Å². The Balaban J connectivity index is 2.07. The molecule has 3 atom stereocenters. The number of nitrogens with one attached hydrogen (secondary N) is 1. The fraction of sp³-hybridized carbons (Fsp3) is 0.706. The van der Waals surface area contributed by atoms with E-state index in [-0.39, 0.29) is 0 Å². The second-order valence-corrected chi connectivity index (χ2v) is 8.12. The predicted octanol–water partition coefficient (Wildman–Crippen LogP) is 4.37. The van der Waals surface area contributed by atoms with E-state index in [9.17, 15) is 0 Å². The van der Waals surface area contributed by atoms with Crippen LogP contribution in [-0.4, -0.2) is 22.8 Å². The molecule has 3 unspecified atom stereocenters. The first-order valence-electron chi connectivity index (χ1n) is 7.81. The Kier molecular flexibility index (Phi) is 5.50. The zero-order valence-corrected chi connectivity index (χ0v) is 14.0. The predicted molar refractivity (Wildman–Crippen MR) is 88.1 cm³/mol. The lowest BCUT2D eigenvalue weighted by molar-refractivity contribution is 0.165. The van der Waals surface area contributed by atoms with Crippen molar-refractivity contribution in [1.82, 2.24) is 10.3 Å². The van der Waals surface area contributed by atoms with Gasteiger partial charge in [-0.1, -0.05) is 33.8 Å². The minimum atomic E-state index is 0.417. The molecule has 1 aliphatic rings. The SMILES string of the molecule is CCNC1CCC(C(C)(C)C)CC1Sc1ccccn1. The minimum Gasteiger partial charge on any atom is -0.313 e. The van der Waals surface area contributed by atoms with Crippen molar-refractivity contribution in [2.45, 2.75) is 63.3 Å². The largest absolute Gasteiger partial charge is 0.313 e. The summed E-state index contributed by atoms with van der Waals surface area (Å²) in [5.41, 5.74) is 0.417. The summed E-state index contributed by atoms with van der Waals surface area (Å²) >= 11 is 1.96. The molecule has 2 rings (SSSR count). The molecule has 1 aliphatic carbocycles. The van der Waals surface area contributed by atoms with E-state index in [0.29, 0.717) is 16.7 Å². The van der Waals surface area contributed by atoms with Crippen LogP contribution in [0.4, 0.5) is 0 Å². The monoisotopic (exact) mass is 292 g/mol. The summed E-state index contributed by atoms with van der Waals surface area (Å²) in [6.07, 6.45) is 5.83. The van der Waals surface area contributed by atoms with Gasteiger partial charge in [-0.05, 0) is 49.3 Å². The maximum atomic E-state index is 4.49. The maximum Gasteiger partial charge on any atom is 0.0963 e. The fourth-order valence-corrected chi connectivity index (χ4v) is 4.43. The minimum absolute atomic E-state index is 0.417. The molecule has 1 heterocycles. The van der Waals surface area contributed by atoms with Gasteiger partial charge in [0.1, 0.15) is 0 Å². The highest BCUT2D eigenvalue weighted by Crippen LogP contribution is 2.42. The zero-order valence-electron chi connectivity index (χ0n) is 13.2. The molecule has 0 amide bonds. The Morgan fingerprint density at radius 2 is 2.10 bits per heavy atom. The summed E-state index contributed by atoms with van der Waals surface area (Å²) in [5.74, 6) is 0.818. The van der Waals surface area contributed by atoms with E-state index in [0.717, 1.165) is 17.5 Å². The van der Waals surface area contributed by atoms with E-state index in [1.165, 1.54) is 19.3 Å². The van der Waals surface area contributed by atoms with Gasteiger partial charge < -0.3 is 5.32 Å². The van der Waals surface area contributed by atoms with Crippen molar-refractivity contribution in [2.75, 3.05) is 6.54 Å². The van der Waals surface area contributed by atoms with Crippen LogP contribution in [0.15, 0.2) is 29.4 Å². The molecule has 0 radical (unpaired) electrons. The standard InChI is InChI=1S/C17H28N2S/c1-5-18-14-10-9-13(17(2,3)4)12-15(14)20-16-8-6-7-11-19-16/h6-8,11,13-15,18H,5,9-10,12H2,1-4H3. The molecule has 0 aromatic carbocycles. The summed E-state index contributed by atoms with van der Waals surface area (Å²) in [5, 5.41) is 5.48. The van der Waals surface area contributed by atoms with Crippen molar-refractivity contribution in [3.05, 3.63) is 24.4 Å². The lowest BCUT2D eigenvalue weighted by Crippen LogP contribution is -2.44. The average Bonchev–Trinajstić information content (AvgIpc) is 2.41. The smallest absolute Gasteiger partial charge is 0.0963 e. The summed E-state index contributed by atoms with van der Waals surface area (Å²) in [6, 6.07) is 6.84. The van der Waals surface area contributed by atoms with Gasteiger partial charge in [-0.3, -0.25) is 0 Å². The quantitative estimate of drug-likeness (QED) is 0.892. The number of aromatic nitrogens is 1. The van der Waals surface area contributed by atoms with Gasteiger partial charge in [0.2, 0.25) is 0 Å². The second-order valence-electron chi connectivity index (χ2n) is 6.86. The summed E-state index contributed by atoms with van der Waals surface area (Å²) < 4.78 is 0. The molecule has 3 heteroatoms. The van der Waals surface area contributed by atoms with Gasteiger partial charge in [0.15, 0.2) is 0 Å². The van der Waals surface area contributed by atoms with E-state index in [4.69, 9.17) is 0 Å². The highest BCUT2D eigenvalue weighted by molar-refractivity contribution is 7.99. The van der Waals surface area contributed by atoms with Gasteiger partial charge in [-0.15, -0.1) is 11.8 Å². The normalized spacial score (nSPS) is 27.5. The zero-order chi connectivity index (χ0) is 14.6. The highest BCUT2D eigenvalue weighted by Gasteiger charge is 2.36. The van der Waals surface area contributed by atoms with Crippen LogP contribution in [0.3, 0.4) is 0 Å². The van der Waals surface area contributed by atoms with Crippen LogP contribution in [0.5, 0.6) is 0 Å². The molecular weight excluding hydrogens is 264 g/mol. The number of thioether (sulfide) groups is 1. The van der Waals surface area contributed by atoms with Gasteiger partial charge >= 0.3 is 0 Å². The second kappa shape index (κ2) is 6.95. The number of hydrogen-bond donors (Lipinski definition) is 1. The van der Waals surface area contributed by atoms with Gasteiger partial charge in [0, 0.05) is 17.5 Å². The summed E-state index contributed by atoms with van der Waals surface area (Å²) in [6.45, 7) is 10.4. The Bertz CT molecular complexity index is 399. The lowest BCUT2D eigenvalue weighted by atomic mass is 9.71. The summed E-state index contributed by atoms with van der Waals surface area (Å²) in [4.78, 5) is 4.49. The van der Waals surface area contributed by atoms with Crippen LogP contribution >= 0.6 is 11.8 Å². The van der Waals surface area contributed by atoms with Crippen molar-refractivity contribution in [2.24, 2.45) is 11.3 Å². The van der Waals surface area contributed by atoms with Crippen molar-refractivity contribution in [3.8, 4) is 0 Å². The number of hydrogen-bond acceptors (Lipinski definition) is 3. The van der Waals surface area contributed by atoms with Crippen LogP contribution in [0.1, 0.15) is 47.0 Å². The molecule has 0 bridgehead atoms. The maximum absolute atomic E-state index is 4.49. The Hall–Kier alpha value is -0.540. The van der Waals surface area contributed by atoms with Crippen LogP contribution in [0, 0.1) is 11.3 Å². The van der Waals surface area contributed by atoms with E-state index >= 15 is 0 Å². The fourth-order valence-electron chi connectivity index (χ4n) is 3.11. The Morgan fingerprint density at radius 3 is 2.70 bits per heavy atom. The van der Waals surface area contributed by atoms with Gasteiger partial charge in [0.05, 0.1) is 5.03 Å². The number of pyridine rings is 1. The van der Waals surface area contributed by atoms with E-state index < -0.39 is 0 Å². The summed E-state index contributed by atoms with van der Waals surface area (Å²) in [7, 11) is 0. The molecule has 0 aliphatic heterocycles. The van der Waals surface area contributed by atoms with Crippen LogP contribution in [-0.2, 0) is 0 Å². The van der Waals surface area contributed by atoms with Crippen molar-refractivity contribution < 1.29 is 0 Å². The molecule has 0 saturated heterocycles. The third kappa shape index (κ3) is 4.23. The lowest BCUT2D eigenvalue weighted by Gasteiger charge is -2.41. The first-order chi connectivity index (χ1) is 9.50.